The summed E-state index contributed by atoms with van der Waals surface area (Å²) in [7, 11) is -3.53. The van der Waals surface area contributed by atoms with Gasteiger partial charge in [-0.05, 0) is 35.9 Å². The van der Waals surface area contributed by atoms with Crippen LogP contribution in [0.3, 0.4) is 0 Å². The van der Waals surface area contributed by atoms with E-state index in [1.807, 2.05) is 0 Å². The van der Waals surface area contributed by atoms with Gasteiger partial charge in [-0.3, -0.25) is 0 Å². The summed E-state index contributed by atoms with van der Waals surface area (Å²) in [6.45, 7) is 0.282. The molecule has 0 bridgehead atoms. The maximum atomic E-state index is 13.4. The number of halogens is 2. The van der Waals surface area contributed by atoms with E-state index in [-0.39, 0.29) is 17.3 Å². The molecule has 118 valence electrons. The minimum atomic E-state index is -3.53. The van der Waals surface area contributed by atoms with Gasteiger partial charge in [-0.15, -0.1) is 0 Å². The fraction of sp³-hybridized carbons (Fsp3) is 0.200. The second-order valence-electron chi connectivity index (χ2n) is 4.50. The topological polar surface area (TPSA) is 46.2 Å². The maximum absolute atomic E-state index is 13.4. The smallest absolute Gasteiger partial charge is 0.210 e. The lowest BCUT2D eigenvalue weighted by Crippen LogP contribution is -2.26. The number of rotatable bonds is 7. The van der Waals surface area contributed by atoms with Crippen LogP contribution in [0, 0.1) is 5.82 Å². The first-order valence-electron chi connectivity index (χ1n) is 6.55. The Morgan fingerprint density at radius 2 is 1.77 bits per heavy atom. The fourth-order valence-corrected chi connectivity index (χ4v) is 3.87. The van der Waals surface area contributed by atoms with Gasteiger partial charge in [0, 0.05) is 23.1 Å². The summed E-state index contributed by atoms with van der Waals surface area (Å²) >= 11 is 7.20. The second kappa shape index (κ2) is 7.97. The molecule has 2 aromatic carbocycles. The van der Waals surface area contributed by atoms with Crippen LogP contribution in [-0.2, 0) is 15.8 Å². The molecule has 0 radical (unpaired) electrons. The van der Waals surface area contributed by atoms with Gasteiger partial charge in [0.15, 0.2) is 0 Å². The normalized spacial score (nSPS) is 11.5. The van der Waals surface area contributed by atoms with Crippen LogP contribution in [0.5, 0.6) is 0 Å². The van der Waals surface area contributed by atoms with E-state index >= 15 is 0 Å². The third kappa shape index (κ3) is 4.98. The van der Waals surface area contributed by atoms with Gasteiger partial charge in [0.2, 0.25) is 10.0 Å². The Bertz CT molecular complexity index is 721. The Kier molecular flexibility index (Phi) is 6.26. The van der Waals surface area contributed by atoms with E-state index < -0.39 is 10.0 Å². The van der Waals surface area contributed by atoms with Crippen LogP contribution >= 0.6 is 23.4 Å². The van der Waals surface area contributed by atoms with Gasteiger partial charge in [0.1, 0.15) is 5.82 Å². The quantitative estimate of drug-likeness (QED) is 0.767. The molecule has 0 aliphatic heterocycles. The zero-order valence-corrected chi connectivity index (χ0v) is 14.0. The lowest BCUT2D eigenvalue weighted by molar-refractivity contribution is 0.584. The number of thioether (sulfide) groups is 1. The Balaban J connectivity index is 1.79. The second-order valence-corrected chi connectivity index (χ2v) is 7.80. The third-order valence-corrected chi connectivity index (χ3v) is 5.61. The highest BCUT2D eigenvalue weighted by molar-refractivity contribution is 7.98. The SMILES string of the molecule is O=S(=O)(NCCSCc1ccccc1F)c1ccc(Cl)cc1. The lowest BCUT2D eigenvalue weighted by atomic mass is 10.2. The largest absolute Gasteiger partial charge is 0.240 e. The average Bonchev–Trinajstić information content (AvgIpc) is 2.49. The van der Waals surface area contributed by atoms with Crippen molar-refractivity contribution in [2.24, 2.45) is 0 Å². The van der Waals surface area contributed by atoms with Gasteiger partial charge >= 0.3 is 0 Å². The van der Waals surface area contributed by atoms with Crippen molar-refractivity contribution in [2.45, 2.75) is 10.6 Å². The number of nitrogens with one attached hydrogen (secondary N) is 1. The Hall–Kier alpha value is -1.08. The van der Waals surface area contributed by atoms with Gasteiger partial charge in [0.05, 0.1) is 4.90 Å². The van der Waals surface area contributed by atoms with Gasteiger partial charge in [-0.2, -0.15) is 11.8 Å². The molecule has 0 spiro atoms. The zero-order valence-electron chi connectivity index (χ0n) is 11.6. The predicted molar refractivity (Wildman–Crippen MR) is 89.2 cm³/mol. The summed E-state index contributed by atoms with van der Waals surface area (Å²) in [6.07, 6.45) is 0. The van der Waals surface area contributed by atoms with Crippen molar-refractivity contribution in [1.29, 1.82) is 0 Å². The summed E-state index contributed by atoms with van der Waals surface area (Å²) in [5.74, 6) is 0.827. The van der Waals surface area contributed by atoms with E-state index in [2.05, 4.69) is 4.72 Å². The van der Waals surface area contributed by atoms with Crippen LogP contribution < -0.4 is 4.72 Å². The molecule has 0 aliphatic rings. The van der Waals surface area contributed by atoms with Gasteiger partial charge in [-0.1, -0.05) is 29.8 Å². The summed E-state index contributed by atoms with van der Waals surface area (Å²) in [6, 6.07) is 12.5. The van der Waals surface area contributed by atoms with Crippen molar-refractivity contribution in [1.82, 2.24) is 4.72 Å². The van der Waals surface area contributed by atoms with Crippen LogP contribution in [0.2, 0.25) is 5.02 Å². The van der Waals surface area contributed by atoms with E-state index in [1.54, 1.807) is 18.2 Å². The fourth-order valence-electron chi connectivity index (χ4n) is 1.74. The Morgan fingerprint density at radius 1 is 1.09 bits per heavy atom. The highest BCUT2D eigenvalue weighted by atomic mass is 35.5. The van der Waals surface area contributed by atoms with Gasteiger partial charge in [0.25, 0.3) is 0 Å². The summed E-state index contributed by atoms with van der Waals surface area (Å²) in [5, 5.41) is 0.486. The molecular formula is C15H15ClFNO2S2. The van der Waals surface area contributed by atoms with Crippen LogP contribution in [0.4, 0.5) is 4.39 Å². The monoisotopic (exact) mass is 359 g/mol. The van der Waals surface area contributed by atoms with Crippen molar-refractivity contribution in [3.8, 4) is 0 Å². The number of hydrogen-bond acceptors (Lipinski definition) is 3. The van der Waals surface area contributed by atoms with E-state index in [0.717, 1.165) is 0 Å². The molecule has 22 heavy (non-hydrogen) atoms. The van der Waals surface area contributed by atoms with Crippen molar-refractivity contribution < 1.29 is 12.8 Å². The van der Waals surface area contributed by atoms with E-state index in [1.165, 1.54) is 42.1 Å². The minimum Gasteiger partial charge on any atom is -0.210 e. The Labute approximate surface area is 138 Å². The van der Waals surface area contributed by atoms with E-state index in [9.17, 15) is 12.8 Å². The molecular weight excluding hydrogens is 345 g/mol. The third-order valence-electron chi connectivity index (χ3n) is 2.88. The molecule has 0 aliphatic carbocycles. The zero-order chi connectivity index (χ0) is 16.0. The first-order valence-corrected chi connectivity index (χ1v) is 9.57. The molecule has 0 fully saturated rings. The van der Waals surface area contributed by atoms with E-state index in [4.69, 9.17) is 11.6 Å². The average molecular weight is 360 g/mol. The van der Waals surface area contributed by atoms with Crippen LogP contribution in [0.1, 0.15) is 5.56 Å². The molecule has 0 heterocycles. The maximum Gasteiger partial charge on any atom is 0.240 e. The van der Waals surface area contributed by atoms with Crippen LogP contribution in [-0.4, -0.2) is 20.7 Å². The standard InChI is InChI=1S/C15H15ClFNO2S2/c16-13-5-7-14(8-6-13)22(19,20)18-9-10-21-11-12-3-1-2-4-15(12)17/h1-8,18H,9-11H2. The highest BCUT2D eigenvalue weighted by Crippen LogP contribution is 2.16. The predicted octanol–water partition coefficient (Wildman–Crippen LogP) is 3.69. The number of hydrogen-bond donors (Lipinski definition) is 1. The van der Waals surface area contributed by atoms with Gasteiger partial charge < -0.3 is 0 Å². The lowest BCUT2D eigenvalue weighted by Gasteiger charge is -2.07. The molecule has 3 nitrogen and oxygen atoms in total. The van der Waals surface area contributed by atoms with Crippen molar-refractivity contribution >= 4 is 33.4 Å². The molecule has 0 atom stereocenters. The number of benzene rings is 2. The van der Waals surface area contributed by atoms with E-state index in [0.29, 0.717) is 22.1 Å². The molecule has 0 unspecified atom stereocenters. The van der Waals surface area contributed by atoms with Crippen molar-refractivity contribution in [3.63, 3.8) is 0 Å². The van der Waals surface area contributed by atoms with Crippen molar-refractivity contribution in [3.05, 3.63) is 64.9 Å². The summed E-state index contributed by atoms with van der Waals surface area (Å²) in [4.78, 5) is 0.177. The molecule has 0 saturated carbocycles. The van der Waals surface area contributed by atoms with Gasteiger partial charge in [-0.25, -0.2) is 17.5 Å². The van der Waals surface area contributed by atoms with Crippen LogP contribution in [0.15, 0.2) is 53.4 Å². The first-order chi connectivity index (χ1) is 10.5. The molecule has 2 aromatic rings. The van der Waals surface area contributed by atoms with Crippen LogP contribution in [0.25, 0.3) is 0 Å². The molecule has 0 saturated heterocycles. The Morgan fingerprint density at radius 3 is 2.45 bits per heavy atom. The summed E-state index contributed by atoms with van der Waals surface area (Å²) < 4.78 is 39.9. The van der Waals surface area contributed by atoms with Crippen molar-refractivity contribution in [2.75, 3.05) is 12.3 Å². The highest BCUT2D eigenvalue weighted by Gasteiger charge is 2.12. The summed E-state index contributed by atoms with van der Waals surface area (Å²) in [5.41, 5.74) is 0.619. The number of sulfonamides is 1. The molecule has 0 aromatic heterocycles. The minimum absolute atomic E-state index is 0.177. The molecule has 2 rings (SSSR count). The molecule has 1 N–H and O–H groups in total. The first kappa shape index (κ1) is 17.3. The molecule has 0 amide bonds. The molecule has 7 heteroatoms.